The molecule has 0 aliphatic heterocycles. The molecule has 1 saturated carbocycles. The zero-order valence-electron chi connectivity index (χ0n) is 10.5. The summed E-state index contributed by atoms with van der Waals surface area (Å²) in [6.07, 6.45) is 12.4. The van der Waals surface area contributed by atoms with Gasteiger partial charge in [-0.3, -0.25) is 0 Å². The number of terminal acetylenes is 1. The van der Waals surface area contributed by atoms with E-state index < -0.39 is 0 Å². The van der Waals surface area contributed by atoms with Crippen LogP contribution < -0.4 is 5.32 Å². The quantitative estimate of drug-likeness (QED) is 0.529. The Morgan fingerprint density at radius 2 is 2.00 bits per heavy atom. The minimum atomic E-state index is 0.727. The van der Waals surface area contributed by atoms with Crippen molar-refractivity contribution in [3.63, 3.8) is 0 Å². The molecule has 16 heavy (non-hydrogen) atoms. The van der Waals surface area contributed by atoms with Crippen LogP contribution in [-0.4, -0.2) is 25.8 Å². The van der Waals surface area contributed by atoms with Crippen molar-refractivity contribution in [2.24, 2.45) is 5.92 Å². The number of unbranched alkanes of at least 4 members (excludes halogenated alkanes) is 1. The van der Waals surface area contributed by atoms with Crippen molar-refractivity contribution in [3.05, 3.63) is 0 Å². The van der Waals surface area contributed by atoms with Gasteiger partial charge in [0.05, 0.1) is 6.61 Å². The lowest BCUT2D eigenvalue weighted by atomic mass is 9.87. The van der Waals surface area contributed by atoms with E-state index in [0.29, 0.717) is 0 Å². The van der Waals surface area contributed by atoms with Crippen LogP contribution in [0.15, 0.2) is 0 Å². The van der Waals surface area contributed by atoms with E-state index >= 15 is 0 Å². The van der Waals surface area contributed by atoms with Crippen LogP contribution >= 0.6 is 0 Å². The molecule has 1 fully saturated rings. The predicted molar refractivity (Wildman–Crippen MR) is 68.3 cm³/mol. The van der Waals surface area contributed by atoms with Gasteiger partial charge in [0.2, 0.25) is 0 Å². The molecule has 0 aromatic rings. The fourth-order valence-electron chi connectivity index (χ4n) is 2.18. The maximum Gasteiger partial charge on any atom is 0.0591 e. The first kappa shape index (κ1) is 13.5. The van der Waals surface area contributed by atoms with Gasteiger partial charge in [0.25, 0.3) is 0 Å². The monoisotopic (exact) mass is 223 g/mol. The molecule has 0 spiro atoms. The molecule has 0 unspecified atom stereocenters. The second-order valence-electron chi connectivity index (χ2n) is 4.83. The normalized spacial score (nSPS) is 25.2. The molecule has 0 aromatic carbocycles. The van der Waals surface area contributed by atoms with Crippen molar-refractivity contribution in [1.29, 1.82) is 0 Å². The van der Waals surface area contributed by atoms with E-state index in [0.717, 1.165) is 44.6 Å². The molecule has 1 N–H and O–H groups in total. The summed E-state index contributed by atoms with van der Waals surface area (Å²) in [6.45, 7) is 4.95. The van der Waals surface area contributed by atoms with E-state index in [1.54, 1.807) is 0 Å². The Morgan fingerprint density at radius 3 is 2.69 bits per heavy atom. The molecule has 0 aromatic heterocycles. The highest BCUT2D eigenvalue weighted by Crippen LogP contribution is 2.23. The van der Waals surface area contributed by atoms with Crippen LogP contribution in [0.25, 0.3) is 0 Å². The molecule has 0 heterocycles. The molecule has 2 nitrogen and oxygen atoms in total. The highest BCUT2D eigenvalue weighted by atomic mass is 16.5. The third kappa shape index (κ3) is 6.15. The summed E-state index contributed by atoms with van der Waals surface area (Å²) in [6, 6.07) is 0.727. The van der Waals surface area contributed by atoms with E-state index in [4.69, 9.17) is 11.2 Å². The van der Waals surface area contributed by atoms with Crippen LogP contribution in [0.5, 0.6) is 0 Å². The Balaban J connectivity index is 1.86. The van der Waals surface area contributed by atoms with Crippen molar-refractivity contribution in [2.45, 2.75) is 51.5 Å². The molecule has 2 heteroatoms. The van der Waals surface area contributed by atoms with Crippen molar-refractivity contribution >= 4 is 0 Å². The Labute approximate surface area is 100 Å². The Hall–Kier alpha value is -0.520. The minimum Gasteiger partial charge on any atom is -0.380 e. The summed E-state index contributed by atoms with van der Waals surface area (Å²) in [5, 5.41) is 3.57. The first-order chi connectivity index (χ1) is 7.83. The van der Waals surface area contributed by atoms with Gasteiger partial charge in [0, 0.05) is 25.6 Å². The molecule has 1 aliphatic carbocycles. The Bertz CT molecular complexity index is 201. The van der Waals surface area contributed by atoms with Crippen molar-refractivity contribution in [3.8, 4) is 12.3 Å². The van der Waals surface area contributed by atoms with Crippen molar-refractivity contribution < 1.29 is 4.74 Å². The maximum absolute atomic E-state index is 5.49. The third-order valence-electron chi connectivity index (χ3n) is 3.31. The first-order valence-electron chi connectivity index (χ1n) is 6.57. The van der Waals surface area contributed by atoms with Crippen LogP contribution in [0.3, 0.4) is 0 Å². The summed E-state index contributed by atoms with van der Waals surface area (Å²) in [4.78, 5) is 0. The summed E-state index contributed by atoms with van der Waals surface area (Å²) in [7, 11) is 0. The fraction of sp³-hybridized carbons (Fsp3) is 0.857. The average molecular weight is 223 g/mol. The number of nitrogens with one attached hydrogen (secondary N) is 1. The molecule has 0 bridgehead atoms. The fourth-order valence-corrected chi connectivity index (χ4v) is 2.18. The van der Waals surface area contributed by atoms with Gasteiger partial charge >= 0.3 is 0 Å². The molecule has 92 valence electrons. The lowest BCUT2D eigenvalue weighted by Crippen LogP contribution is -2.34. The zero-order valence-corrected chi connectivity index (χ0v) is 10.5. The highest BCUT2D eigenvalue weighted by Gasteiger charge is 2.16. The lowest BCUT2D eigenvalue weighted by molar-refractivity contribution is 0.130. The topological polar surface area (TPSA) is 21.3 Å². The third-order valence-corrected chi connectivity index (χ3v) is 3.31. The summed E-state index contributed by atoms with van der Waals surface area (Å²) < 4.78 is 5.49. The van der Waals surface area contributed by atoms with E-state index in [1.807, 2.05) is 0 Å². The van der Waals surface area contributed by atoms with Crippen LogP contribution in [-0.2, 0) is 4.74 Å². The molecule has 0 amide bonds. The maximum atomic E-state index is 5.49. The lowest BCUT2D eigenvalue weighted by Gasteiger charge is -2.26. The molecule has 1 aliphatic rings. The highest BCUT2D eigenvalue weighted by molar-refractivity contribution is 4.82. The van der Waals surface area contributed by atoms with Crippen LogP contribution in [0.2, 0.25) is 0 Å². The van der Waals surface area contributed by atoms with E-state index in [1.165, 1.54) is 25.7 Å². The molecule has 0 atom stereocenters. The van der Waals surface area contributed by atoms with E-state index in [9.17, 15) is 0 Å². The smallest absolute Gasteiger partial charge is 0.0591 e. The van der Waals surface area contributed by atoms with Gasteiger partial charge in [-0.05, 0) is 38.0 Å². The van der Waals surface area contributed by atoms with Gasteiger partial charge in [-0.15, -0.1) is 12.3 Å². The van der Waals surface area contributed by atoms with E-state index in [-0.39, 0.29) is 0 Å². The van der Waals surface area contributed by atoms with Crippen LogP contribution in [0, 0.1) is 18.3 Å². The van der Waals surface area contributed by atoms with Crippen molar-refractivity contribution in [1.82, 2.24) is 5.32 Å². The average Bonchev–Trinajstić information content (AvgIpc) is 2.30. The number of rotatable bonds is 7. The largest absolute Gasteiger partial charge is 0.380 e. The molecule has 1 rings (SSSR count). The number of hydrogen-bond acceptors (Lipinski definition) is 2. The van der Waals surface area contributed by atoms with Crippen LogP contribution in [0.4, 0.5) is 0 Å². The van der Waals surface area contributed by atoms with Crippen LogP contribution in [0.1, 0.15) is 45.4 Å². The van der Waals surface area contributed by atoms with Gasteiger partial charge < -0.3 is 10.1 Å². The molecule has 0 saturated heterocycles. The zero-order chi connectivity index (χ0) is 11.6. The predicted octanol–water partition coefficient (Wildman–Crippen LogP) is 2.58. The van der Waals surface area contributed by atoms with Crippen molar-refractivity contribution in [2.75, 3.05) is 19.8 Å². The number of hydrogen-bond donors (Lipinski definition) is 1. The Morgan fingerprint density at radius 1 is 1.25 bits per heavy atom. The summed E-state index contributed by atoms with van der Waals surface area (Å²) >= 11 is 0. The van der Waals surface area contributed by atoms with Gasteiger partial charge in [0.1, 0.15) is 0 Å². The van der Waals surface area contributed by atoms with Gasteiger partial charge in [-0.25, -0.2) is 0 Å². The molecular formula is C14H25NO. The van der Waals surface area contributed by atoms with Gasteiger partial charge in [0.15, 0.2) is 0 Å². The standard InChI is InChI=1S/C14H25NO/c1-3-4-5-11-16-12-10-15-14-8-6-13(2)7-9-14/h1,13-15H,4-12H2,2H3/t13-,14+. The molecular weight excluding hydrogens is 198 g/mol. The minimum absolute atomic E-state index is 0.727. The number of ether oxygens (including phenoxy) is 1. The first-order valence-corrected chi connectivity index (χ1v) is 6.57. The Kier molecular flexibility index (Phi) is 7.29. The van der Waals surface area contributed by atoms with E-state index in [2.05, 4.69) is 18.2 Å². The molecule has 0 radical (unpaired) electrons. The van der Waals surface area contributed by atoms with Gasteiger partial charge in [-0.2, -0.15) is 0 Å². The SMILES string of the molecule is C#CCCCOCCN[C@H]1CC[C@@H](C)CC1. The second-order valence-corrected chi connectivity index (χ2v) is 4.83. The summed E-state index contributed by atoms with van der Waals surface area (Å²) in [5.74, 6) is 3.55. The van der Waals surface area contributed by atoms with Gasteiger partial charge in [-0.1, -0.05) is 6.92 Å². The summed E-state index contributed by atoms with van der Waals surface area (Å²) in [5.41, 5.74) is 0. The second kappa shape index (κ2) is 8.61.